The maximum Gasteiger partial charge on any atom is 0.232 e. The average Bonchev–Trinajstić information content (AvgIpc) is 2.86. The molecule has 0 spiro atoms. The largest absolute Gasteiger partial charge is 0.332 e. The predicted molar refractivity (Wildman–Crippen MR) is 92.3 cm³/mol. The highest BCUT2D eigenvalue weighted by Crippen LogP contribution is 2.26. The first kappa shape index (κ1) is 15.1. The van der Waals surface area contributed by atoms with Crippen molar-refractivity contribution in [3.05, 3.63) is 59.4 Å². The van der Waals surface area contributed by atoms with Crippen LogP contribution in [-0.2, 0) is 0 Å². The van der Waals surface area contributed by atoms with E-state index >= 15 is 0 Å². The monoisotopic (exact) mass is 328 g/mol. The molecule has 1 aliphatic heterocycles. The molecule has 0 saturated heterocycles. The molecule has 7 heteroatoms. The summed E-state index contributed by atoms with van der Waals surface area (Å²) >= 11 is 5.11. The van der Waals surface area contributed by atoms with Crippen molar-refractivity contribution in [2.24, 2.45) is 5.10 Å². The lowest BCUT2D eigenvalue weighted by Crippen LogP contribution is -2.27. The zero-order valence-electron chi connectivity index (χ0n) is 12.2. The zero-order chi connectivity index (χ0) is 16.4. The first-order chi connectivity index (χ1) is 11.0. The number of hydrogen-bond acceptors (Lipinski definition) is 3. The van der Waals surface area contributed by atoms with Gasteiger partial charge in [-0.25, -0.2) is 4.39 Å². The van der Waals surface area contributed by atoms with Crippen LogP contribution in [0.2, 0.25) is 0 Å². The van der Waals surface area contributed by atoms with Crippen molar-refractivity contribution in [2.75, 3.05) is 10.6 Å². The van der Waals surface area contributed by atoms with Gasteiger partial charge in [-0.15, -0.1) is 0 Å². The molecule has 3 N–H and O–H groups in total. The Balaban J connectivity index is 1.67. The van der Waals surface area contributed by atoms with Gasteiger partial charge < -0.3 is 10.6 Å². The number of thiocarbonyl (C=S) groups is 1. The third-order valence-electron chi connectivity index (χ3n) is 3.30. The van der Waals surface area contributed by atoms with Crippen molar-refractivity contribution >= 4 is 40.3 Å². The van der Waals surface area contributed by atoms with E-state index in [1.54, 1.807) is 6.07 Å². The number of rotatable bonds is 2. The Morgan fingerprint density at radius 3 is 2.65 bits per heavy atom. The fourth-order valence-corrected chi connectivity index (χ4v) is 2.29. The molecule has 0 atom stereocenters. The summed E-state index contributed by atoms with van der Waals surface area (Å²) in [6.07, 6.45) is 0. The molecule has 0 radical (unpaired) electrons. The van der Waals surface area contributed by atoms with Gasteiger partial charge in [0.05, 0.1) is 11.3 Å². The van der Waals surface area contributed by atoms with E-state index in [0.717, 1.165) is 11.3 Å². The Morgan fingerprint density at radius 2 is 1.96 bits per heavy atom. The minimum atomic E-state index is -0.499. The number of amidine groups is 1. The molecular formula is C16H13FN4OS. The van der Waals surface area contributed by atoms with Gasteiger partial charge in [-0.3, -0.25) is 10.2 Å². The maximum atomic E-state index is 13.6. The molecule has 0 aromatic heterocycles. The first-order valence-electron chi connectivity index (χ1n) is 6.86. The molecule has 0 amide bonds. The number of Topliss-reactive ketones (excluding diaryl/α,β-unsaturated/α-hetero) is 1. The summed E-state index contributed by atoms with van der Waals surface area (Å²) in [7, 11) is 0. The van der Waals surface area contributed by atoms with E-state index in [-0.39, 0.29) is 28.0 Å². The Labute approximate surface area is 137 Å². The van der Waals surface area contributed by atoms with Crippen LogP contribution in [0.1, 0.15) is 15.9 Å². The number of hydrogen-bond donors (Lipinski definition) is 3. The Bertz CT molecular complexity index is 817. The Morgan fingerprint density at radius 1 is 1.22 bits per heavy atom. The fraction of sp³-hybridized carbons (Fsp3) is 0.0625. The SMILES string of the molecule is Cc1ccc(NC(=S)NN=C2Nc3c(F)cccc3C2=O)cc1. The first-order valence-corrected chi connectivity index (χ1v) is 7.27. The van der Waals surface area contributed by atoms with Crippen molar-refractivity contribution in [3.8, 4) is 0 Å². The summed E-state index contributed by atoms with van der Waals surface area (Å²) in [6, 6.07) is 11.9. The van der Waals surface area contributed by atoms with Crippen LogP contribution in [0.4, 0.5) is 15.8 Å². The molecule has 3 rings (SSSR count). The van der Waals surface area contributed by atoms with Crippen LogP contribution in [-0.4, -0.2) is 16.7 Å². The number of anilines is 2. The Kier molecular flexibility index (Phi) is 4.03. The Hall–Kier alpha value is -2.80. The molecule has 2 aromatic rings. The van der Waals surface area contributed by atoms with Gasteiger partial charge in [0.15, 0.2) is 10.9 Å². The second-order valence-electron chi connectivity index (χ2n) is 5.01. The van der Waals surface area contributed by atoms with Crippen molar-refractivity contribution in [2.45, 2.75) is 6.92 Å². The lowest BCUT2D eigenvalue weighted by atomic mass is 10.1. The number of halogens is 1. The summed E-state index contributed by atoms with van der Waals surface area (Å²) in [5.74, 6) is -0.885. The van der Waals surface area contributed by atoms with E-state index < -0.39 is 5.82 Å². The van der Waals surface area contributed by atoms with Crippen molar-refractivity contribution < 1.29 is 9.18 Å². The smallest absolute Gasteiger partial charge is 0.232 e. The molecule has 0 saturated carbocycles. The summed E-state index contributed by atoms with van der Waals surface area (Å²) in [6.45, 7) is 1.99. The fourth-order valence-electron chi connectivity index (χ4n) is 2.12. The second kappa shape index (κ2) is 6.13. The number of hydrazone groups is 1. The summed E-state index contributed by atoms with van der Waals surface area (Å²) < 4.78 is 13.6. The number of para-hydroxylation sites is 1. The third-order valence-corrected chi connectivity index (χ3v) is 3.49. The van der Waals surface area contributed by atoms with Gasteiger partial charge in [-0.05, 0) is 43.4 Å². The van der Waals surface area contributed by atoms with Gasteiger partial charge in [-0.1, -0.05) is 23.8 Å². The summed E-state index contributed by atoms with van der Waals surface area (Å²) in [5, 5.41) is 9.73. The van der Waals surface area contributed by atoms with Crippen LogP contribution in [0.25, 0.3) is 0 Å². The van der Waals surface area contributed by atoms with E-state index in [4.69, 9.17) is 12.2 Å². The van der Waals surface area contributed by atoms with Gasteiger partial charge in [0.2, 0.25) is 5.78 Å². The molecule has 0 bridgehead atoms. The average molecular weight is 328 g/mol. The highest BCUT2D eigenvalue weighted by molar-refractivity contribution is 7.80. The van der Waals surface area contributed by atoms with Crippen molar-refractivity contribution in [1.29, 1.82) is 0 Å². The molecule has 1 heterocycles. The molecule has 116 valence electrons. The van der Waals surface area contributed by atoms with Gasteiger partial charge >= 0.3 is 0 Å². The topological polar surface area (TPSA) is 65.5 Å². The van der Waals surface area contributed by atoms with E-state index in [2.05, 4.69) is 21.2 Å². The number of aryl methyl sites for hydroxylation is 1. The lowest BCUT2D eigenvalue weighted by Gasteiger charge is -2.07. The van der Waals surface area contributed by atoms with Crippen LogP contribution >= 0.6 is 12.2 Å². The van der Waals surface area contributed by atoms with Gasteiger partial charge in [0.1, 0.15) is 5.82 Å². The number of benzene rings is 2. The van der Waals surface area contributed by atoms with E-state index in [1.807, 2.05) is 31.2 Å². The minimum Gasteiger partial charge on any atom is -0.332 e. The molecule has 0 fully saturated rings. The van der Waals surface area contributed by atoms with Crippen molar-refractivity contribution in [3.63, 3.8) is 0 Å². The lowest BCUT2D eigenvalue weighted by molar-refractivity contribution is 0.106. The van der Waals surface area contributed by atoms with Gasteiger partial charge in [0.25, 0.3) is 0 Å². The van der Waals surface area contributed by atoms with E-state index in [0.29, 0.717) is 0 Å². The second-order valence-corrected chi connectivity index (χ2v) is 5.42. The number of carbonyl (C=O) groups excluding carboxylic acids is 1. The summed E-state index contributed by atoms with van der Waals surface area (Å²) in [5.41, 5.74) is 4.90. The number of nitrogens with one attached hydrogen (secondary N) is 3. The van der Waals surface area contributed by atoms with Crippen LogP contribution in [0.5, 0.6) is 0 Å². The van der Waals surface area contributed by atoms with Gasteiger partial charge in [-0.2, -0.15) is 5.10 Å². The number of carbonyl (C=O) groups is 1. The van der Waals surface area contributed by atoms with Crippen LogP contribution in [0.15, 0.2) is 47.6 Å². The van der Waals surface area contributed by atoms with Crippen LogP contribution < -0.4 is 16.1 Å². The summed E-state index contributed by atoms with van der Waals surface area (Å²) in [4.78, 5) is 12.1. The third kappa shape index (κ3) is 3.19. The highest BCUT2D eigenvalue weighted by Gasteiger charge is 2.28. The van der Waals surface area contributed by atoms with Crippen LogP contribution in [0.3, 0.4) is 0 Å². The number of ketones is 1. The highest BCUT2D eigenvalue weighted by atomic mass is 32.1. The molecule has 23 heavy (non-hydrogen) atoms. The normalized spacial score (nSPS) is 14.3. The van der Waals surface area contributed by atoms with Crippen molar-refractivity contribution in [1.82, 2.24) is 5.43 Å². The minimum absolute atomic E-state index is 0.00171. The molecule has 1 aliphatic rings. The van der Waals surface area contributed by atoms with E-state index in [9.17, 15) is 9.18 Å². The quantitative estimate of drug-likeness (QED) is 0.584. The van der Waals surface area contributed by atoms with E-state index in [1.165, 1.54) is 12.1 Å². The standard InChI is InChI=1S/C16H13FN4OS/c1-9-5-7-10(8-6-9)18-16(23)21-20-15-14(22)11-3-2-4-12(17)13(11)19-15/h2-8H,1H3,(H2,18,21,23)(H,19,20,22). The number of nitrogens with zero attached hydrogens (tertiary/aromatic N) is 1. The molecule has 5 nitrogen and oxygen atoms in total. The predicted octanol–water partition coefficient (Wildman–Crippen LogP) is 3.04. The molecular weight excluding hydrogens is 315 g/mol. The van der Waals surface area contributed by atoms with Crippen LogP contribution in [0, 0.1) is 12.7 Å². The molecule has 0 unspecified atom stereocenters. The zero-order valence-corrected chi connectivity index (χ0v) is 13.0. The molecule has 0 aliphatic carbocycles. The maximum absolute atomic E-state index is 13.6. The molecule has 2 aromatic carbocycles. The number of fused-ring (bicyclic) bond motifs is 1. The van der Waals surface area contributed by atoms with Gasteiger partial charge in [0, 0.05) is 5.69 Å².